The first-order chi connectivity index (χ1) is 16.8. The van der Waals surface area contributed by atoms with Crippen molar-refractivity contribution >= 4 is 23.1 Å². The third kappa shape index (κ3) is 7.08. The van der Waals surface area contributed by atoms with Crippen LogP contribution >= 0.6 is 0 Å². The largest absolute Gasteiger partial charge is 0.474 e. The van der Waals surface area contributed by atoms with Crippen LogP contribution in [0.5, 0.6) is 5.88 Å². The normalized spacial score (nSPS) is 18.8. The molecule has 1 aromatic heterocycles. The van der Waals surface area contributed by atoms with Crippen LogP contribution in [0.25, 0.3) is 0 Å². The zero-order valence-corrected chi connectivity index (χ0v) is 21.2. The van der Waals surface area contributed by atoms with E-state index in [9.17, 15) is 9.90 Å². The molecule has 2 amide bonds. The Kier molecular flexibility index (Phi) is 8.13. The van der Waals surface area contributed by atoms with E-state index < -0.39 is 0 Å². The number of aromatic nitrogens is 1. The number of hydrogen-bond donors (Lipinski definition) is 3. The Morgan fingerprint density at radius 1 is 1.14 bits per heavy atom. The Morgan fingerprint density at radius 3 is 2.49 bits per heavy atom. The number of hydrogen-bond acceptors (Lipinski definition) is 6. The molecule has 8 nitrogen and oxygen atoms in total. The van der Waals surface area contributed by atoms with Gasteiger partial charge < -0.3 is 30.3 Å². The molecule has 0 spiro atoms. The Labute approximate surface area is 210 Å². The molecule has 1 unspecified atom stereocenters. The smallest absolute Gasteiger partial charge is 0.323 e. The van der Waals surface area contributed by atoms with Crippen LogP contribution in [0, 0.1) is 5.41 Å². The molecule has 3 N–H and O–H groups in total. The second-order valence-electron chi connectivity index (χ2n) is 10.7. The van der Waals surface area contributed by atoms with Gasteiger partial charge in [-0.1, -0.05) is 13.8 Å². The summed E-state index contributed by atoms with van der Waals surface area (Å²) in [4.78, 5) is 21.5. The highest BCUT2D eigenvalue weighted by molar-refractivity contribution is 5.99. The standard InChI is InChI=1S/C27H39N5O3.H2/c1-27(2,19-33)18-31(3)23-14-15-32(17-23)22-11-8-20(9-12-22)29-26(34)30-21-10-13-25(28-16-21)35-24-6-4-5-7-24;/h8-13,16,23-24,33H,4-7,14-15,17-19H2,1-3H3,(H2,29,30,34);1H. The van der Waals surface area contributed by atoms with Gasteiger partial charge >= 0.3 is 6.03 Å². The van der Waals surface area contributed by atoms with Crippen molar-refractivity contribution in [2.75, 3.05) is 48.8 Å². The lowest BCUT2D eigenvalue weighted by Crippen LogP contribution is -2.41. The molecule has 1 atom stereocenters. The summed E-state index contributed by atoms with van der Waals surface area (Å²) in [6.07, 6.45) is 7.58. The average Bonchev–Trinajstić information content (AvgIpc) is 3.53. The molecule has 1 saturated heterocycles. The van der Waals surface area contributed by atoms with E-state index in [1.807, 2.05) is 30.3 Å². The van der Waals surface area contributed by atoms with Gasteiger partial charge in [0.15, 0.2) is 0 Å². The van der Waals surface area contributed by atoms with Gasteiger partial charge in [0.1, 0.15) is 6.10 Å². The van der Waals surface area contributed by atoms with Gasteiger partial charge in [-0.05, 0) is 69.5 Å². The Balaban J connectivity index is 0.00000361. The second-order valence-corrected chi connectivity index (χ2v) is 10.7. The van der Waals surface area contributed by atoms with E-state index in [1.165, 1.54) is 12.8 Å². The summed E-state index contributed by atoms with van der Waals surface area (Å²) in [7, 11) is 2.14. The molecule has 1 aliphatic carbocycles. The minimum Gasteiger partial charge on any atom is -0.474 e. The van der Waals surface area contributed by atoms with Crippen LogP contribution in [-0.4, -0.2) is 66.5 Å². The fraction of sp³-hybridized carbons (Fsp3) is 0.556. The number of aliphatic hydroxyl groups is 1. The molecule has 2 aliphatic rings. The SMILES string of the molecule is CN(CC(C)(C)CO)C1CCN(c2ccc(NC(=O)Nc3ccc(OC4CCCC4)nc3)cc2)C1.[HH]. The van der Waals surface area contributed by atoms with E-state index in [0.29, 0.717) is 17.6 Å². The molecule has 1 saturated carbocycles. The van der Waals surface area contributed by atoms with Crippen LogP contribution < -0.4 is 20.3 Å². The number of aliphatic hydroxyl groups excluding tert-OH is 1. The predicted octanol–water partition coefficient (Wildman–Crippen LogP) is 4.82. The van der Waals surface area contributed by atoms with Crippen molar-refractivity contribution < 1.29 is 16.1 Å². The van der Waals surface area contributed by atoms with Gasteiger partial charge in [-0.15, -0.1) is 0 Å². The molecule has 4 rings (SSSR count). The zero-order valence-electron chi connectivity index (χ0n) is 21.2. The molecule has 0 radical (unpaired) electrons. The molecular weight excluding hydrogens is 442 g/mol. The molecule has 2 aromatic rings. The lowest BCUT2D eigenvalue weighted by atomic mass is 9.93. The Hall–Kier alpha value is -2.84. The van der Waals surface area contributed by atoms with Crippen molar-refractivity contribution in [3.63, 3.8) is 0 Å². The van der Waals surface area contributed by atoms with Crippen LogP contribution in [-0.2, 0) is 0 Å². The molecule has 2 fully saturated rings. The van der Waals surface area contributed by atoms with Gasteiger partial charge in [-0.3, -0.25) is 0 Å². The van der Waals surface area contributed by atoms with Crippen molar-refractivity contribution in [1.29, 1.82) is 0 Å². The van der Waals surface area contributed by atoms with Crippen molar-refractivity contribution in [3.05, 3.63) is 42.6 Å². The lowest BCUT2D eigenvalue weighted by Gasteiger charge is -2.32. The number of ether oxygens (including phenoxy) is 1. The van der Waals surface area contributed by atoms with Crippen molar-refractivity contribution in [2.45, 2.75) is 58.1 Å². The van der Waals surface area contributed by atoms with Crippen LogP contribution in [0.1, 0.15) is 47.4 Å². The van der Waals surface area contributed by atoms with E-state index in [1.54, 1.807) is 12.3 Å². The van der Waals surface area contributed by atoms with Crippen LogP contribution in [0.2, 0.25) is 0 Å². The number of nitrogens with one attached hydrogen (secondary N) is 2. The van der Waals surface area contributed by atoms with Gasteiger partial charge in [0, 0.05) is 56.6 Å². The number of nitrogens with zero attached hydrogens (tertiary/aromatic N) is 3. The molecular formula is C27H41N5O3. The van der Waals surface area contributed by atoms with E-state index >= 15 is 0 Å². The van der Waals surface area contributed by atoms with Gasteiger partial charge in [0.25, 0.3) is 0 Å². The summed E-state index contributed by atoms with van der Waals surface area (Å²) in [5.41, 5.74) is 2.40. The van der Waals surface area contributed by atoms with Gasteiger partial charge in [0.05, 0.1) is 11.9 Å². The third-order valence-corrected chi connectivity index (χ3v) is 6.97. The quantitative estimate of drug-likeness (QED) is 0.474. The van der Waals surface area contributed by atoms with E-state index in [2.05, 4.69) is 46.3 Å². The first-order valence-electron chi connectivity index (χ1n) is 12.7. The molecule has 1 aromatic carbocycles. The summed E-state index contributed by atoms with van der Waals surface area (Å²) < 4.78 is 5.87. The van der Waals surface area contributed by atoms with Crippen LogP contribution in [0.15, 0.2) is 42.6 Å². The maximum absolute atomic E-state index is 12.4. The molecule has 35 heavy (non-hydrogen) atoms. The number of benzene rings is 1. The maximum Gasteiger partial charge on any atom is 0.323 e. The number of anilines is 3. The Morgan fingerprint density at radius 2 is 1.83 bits per heavy atom. The van der Waals surface area contributed by atoms with Crippen LogP contribution in [0.4, 0.5) is 21.9 Å². The van der Waals surface area contributed by atoms with Gasteiger partial charge in [-0.2, -0.15) is 0 Å². The number of carbonyl (C=O) groups excluding carboxylic acids is 1. The highest BCUT2D eigenvalue weighted by atomic mass is 16.5. The predicted molar refractivity (Wildman–Crippen MR) is 142 cm³/mol. The first-order valence-corrected chi connectivity index (χ1v) is 12.7. The topological polar surface area (TPSA) is 90.0 Å². The fourth-order valence-electron chi connectivity index (χ4n) is 4.94. The number of urea groups is 1. The highest BCUT2D eigenvalue weighted by Gasteiger charge is 2.29. The number of rotatable bonds is 9. The summed E-state index contributed by atoms with van der Waals surface area (Å²) in [6, 6.07) is 11.7. The van der Waals surface area contributed by atoms with Gasteiger partial charge in [-0.25, -0.2) is 9.78 Å². The van der Waals surface area contributed by atoms with Gasteiger partial charge in [0.2, 0.25) is 5.88 Å². The molecule has 8 heteroatoms. The minimum absolute atomic E-state index is 0. The maximum atomic E-state index is 12.4. The summed E-state index contributed by atoms with van der Waals surface area (Å²) in [6.45, 7) is 7.19. The van der Waals surface area contributed by atoms with E-state index in [4.69, 9.17) is 4.74 Å². The number of likely N-dealkylation sites (N-methyl/N-ethyl adjacent to an activating group) is 1. The number of carbonyl (C=O) groups is 1. The minimum atomic E-state index is -0.307. The molecule has 192 valence electrons. The average molecular weight is 484 g/mol. The summed E-state index contributed by atoms with van der Waals surface area (Å²) >= 11 is 0. The number of amides is 2. The lowest BCUT2D eigenvalue weighted by molar-refractivity contribution is 0.0991. The molecule has 0 bridgehead atoms. The van der Waals surface area contributed by atoms with Crippen LogP contribution in [0.3, 0.4) is 0 Å². The van der Waals surface area contributed by atoms with Crippen molar-refractivity contribution in [1.82, 2.24) is 9.88 Å². The second kappa shape index (κ2) is 11.3. The van der Waals surface area contributed by atoms with E-state index in [-0.39, 0.29) is 25.6 Å². The Bertz CT molecular complexity index is 964. The summed E-state index contributed by atoms with van der Waals surface area (Å²) in [5.74, 6) is 0.603. The summed E-state index contributed by atoms with van der Waals surface area (Å²) in [5, 5.41) is 15.3. The van der Waals surface area contributed by atoms with Crippen molar-refractivity contribution in [3.8, 4) is 5.88 Å². The first kappa shape index (κ1) is 25.3. The van der Waals surface area contributed by atoms with Crippen molar-refractivity contribution in [2.24, 2.45) is 5.41 Å². The monoisotopic (exact) mass is 483 g/mol. The third-order valence-electron chi connectivity index (χ3n) is 6.97. The molecule has 2 heterocycles. The van der Waals surface area contributed by atoms with E-state index in [0.717, 1.165) is 50.3 Å². The highest BCUT2D eigenvalue weighted by Crippen LogP contribution is 2.27. The molecule has 1 aliphatic heterocycles. The number of pyridine rings is 1. The fourth-order valence-corrected chi connectivity index (χ4v) is 4.94. The zero-order chi connectivity index (χ0) is 24.8.